The zero-order chi connectivity index (χ0) is 18.8. The second-order valence-corrected chi connectivity index (χ2v) is 7.39. The van der Waals surface area contributed by atoms with Crippen molar-refractivity contribution < 1.29 is 19.1 Å². The first-order valence-electron chi connectivity index (χ1n) is 8.63. The van der Waals surface area contributed by atoms with Crippen LogP contribution >= 0.6 is 11.3 Å². The maximum absolute atomic E-state index is 12.6. The summed E-state index contributed by atoms with van der Waals surface area (Å²) in [6.45, 7) is 7.26. The minimum atomic E-state index is -0.647. The number of anilines is 1. The summed E-state index contributed by atoms with van der Waals surface area (Å²) in [7, 11) is 0. The molecule has 1 amide bonds. The number of aromatic nitrogens is 1. The Morgan fingerprint density at radius 2 is 2.23 bits per heavy atom. The number of esters is 1. The van der Waals surface area contributed by atoms with Crippen molar-refractivity contribution in [3.63, 3.8) is 0 Å². The van der Waals surface area contributed by atoms with Crippen molar-refractivity contribution in [3.8, 4) is 17.0 Å². The zero-order valence-electron chi connectivity index (χ0n) is 15.3. The lowest BCUT2D eigenvalue weighted by Crippen LogP contribution is -2.47. The van der Waals surface area contributed by atoms with Crippen molar-refractivity contribution in [1.29, 1.82) is 0 Å². The third-order valence-electron chi connectivity index (χ3n) is 4.28. The molecule has 2 heterocycles. The quantitative estimate of drug-likeness (QED) is 0.749. The topological polar surface area (TPSA) is 68.7 Å². The molecule has 2 aromatic rings. The van der Waals surface area contributed by atoms with Crippen LogP contribution < -0.4 is 9.64 Å². The van der Waals surface area contributed by atoms with Crippen molar-refractivity contribution in [2.24, 2.45) is 0 Å². The second-order valence-electron chi connectivity index (χ2n) is 6.33. The minimum absolute atomic E-state index is 0.135. The van der Waals surface area contributed by atoms with Gasteiger partial charge in [0.1, 0.15) is 12.3 Å². The highest BCUT2D eigenvalue weighted by Gasteiger charge is 2.33. The average molecular weight is 374 g/mol. The maximum Gasteiger partial charge on any atom is 0.326 e. The zero-order valence-corrected chi connectivity index (χ0v) is 16.1. The Morgan fingerprint density at radius 1 is 1.46 bits per heavy atom. The summed E-state index contributed by atoms with van der Waals surface area (Å²) in [4.78, 5) is 30.8. The minimum Gasteiger partial charge on any atom is -0.479 e. The van der Waals surface area contributed by atoms with Crippen molar-refractivity contribution in [2.75, 3.05) is 11.4 Å². The van der Waals surface area contributed by atoms with Crippen LogP contribution in [0.3, 0.4) is 0 Å². The van der Waals surface area contributed by atoms with Crippen LogP contribution in [-0.2, 0) is 14.3 Å². The molecule has 0 radical (unpaired) electrons. The van der Waals surface area contributed by atoms with Gasteiger partial charge in [0.15, 0.2) is 6.10 Å². The van der Waals surface area contributed by atoms with E-state index >= 15 is 0 Å². The molecule has 1 aliphatic rings. The van der Waals surface area contributed by atoms with E-state index in [4.69, 9.17) is 9.47 Å². The molecule has 3 rings (SSSR count). The summed E-state index contributed by atoms with van der Waals surface area (Å²) in [6, 6.07) is 5.56. The fourth-order valence-electron chi connectivity index (χ4n) is 2.70. The highest BCUT2D eigenvalue weighted by Crippen LogP contribution is 2.37. The number of amides is 1. The van der Waals surface area contributed by atoms with Crippen LogP contribution in [0.2, 0.25) is 0 Å². The summed E-state index contributed by atoms with van der Waals surface area (Å²) in [6.07, 6.45) is -0.102. The number of carbonyl (C=O) groups is 2. The first-order chi connectivity index (χ1) is 12.4. The number of rotatable bonds is 5. The largest absolute Gasteiger partial charge is 0.479 e. The van der Waals surface area contributed by atoms with Gasteiger partial charge in [-0.05, 0) is 45.4 Å². The number of carbonyl (C=O) groups excluding carboxylic acids is 2. The molecule has 2 unspecified atom stereocenters. The summed E-state index contributed by atoms with van der Waals surface area (Å²) in [5.74, 6) is -0.114. The first-order valence-corrected chi connectivity index (χ1v) is 9.51. The Morgan fingerprint density at radius 3 is 2.88 bits per heavy atom. The van der Waals surface area contributed by atoms with E-state index in [0.717, 1.165) is 22.7 Å². The predicted molar refractivity (Wildman–Crippen MR) is 101 cm³/mol. The van der Waals surface area contributed by atoms with Gasteiger partial charge in [0.25, 0.3) is 5.91 Å². The van der Waals surface area contributed by atoms with Crippen LogP contribution in [0.25, 0.3) is 11.3 Å². The molecular weight excluding hydrogens is 352 g/mol. The molecule has 0 saturated carbocycles. The van der Waals surface area contributed by atoms with Crippen molar-refractivity contribution >= 4 is 28.9 Å². The summed E-state index contributed by atoms with van der Waals surface area (Å²) in [5, 5.41) is 2.93. The van der Waals surface area contributed by atoms with E-state index in [2.05, 4.69) is 4.98 Å². The van der Waals surface area contributed by atoms with E-state index in [9.17, 15) is 9.59 Å². The average Bonchev–Trinajstić information content (AvgIpc) is 3.05. The highest BCUT2D eigenvalue weighted by atomic mass is 32.1. The number of fused-ring (bicyclic) bond motifs is 1. The number of nitrogens with zero attached hydrogens (tertiary/aromatic N) is 2. The molecular formula is C19H22N2O4S. The lowest BCUT2D eigenvalue weighted by molar-refractivity contribution is -0.147. The summed E-state index contributed by atoms with van der Waals surface area (Å²) >= 11 is 1.56. The van der Waals surface area contributed by atoms with E-state index in [-0.39, 0.29) is 18.6 Å². The van der Waals surface area contributed by atoms with E-state index in [0.29, 0.717) is 11.4 Å². The van der Waals surface area contributed by atoms with Gasteiger partial charge in [-0.1, -0.05) is 6.92 Å². The molecule has 0 bridgehead atoms. The molecule has 26 heavy (non-hydrogen) atoms. The van der Waals surface area contributed by atoms with Gasteiger partial charge in [0.2, 0.25) is 0 Å². The van der Waals surface area contributed by atoms with E-state index in [1.807, 2.05) is 44.4 Å². The molecule has 6 nitrogen and oxygen atoms in total. The molecule has 1 aromatic heterocycles. The first kappa shape index (κ1) is 18.4. The van der Waals surface area contributed by atoms with Gasteiger partial charge >= 0.3 is 5.97 Å². The lowest BCUT2D eigenvalue weighted by atomic mass is 10.1. The van der Waals surface area contributed by atoms with Gasteiger partial charge < -0.3 is 9.47 Å². The number of hydrogen-bond donors (Lipinski definition) is 0. The van der Waals surface area contributed by atoms with E-state index < -0.39 is 12.1 Å². The fourth-order valence-corrected chi connectivity index (χ4v) is 3.32. The maximum atomic E-state index is 12.6. The van der Waals surface area contributed by atoms with Gasteiger partial charge in [-0.3, -0.25) is 14.5 Å². The fraction of sp³-hybridized carbons (Fsp3) is 0.421. The van der Waals surface area contributed by atoms with Crippen LogP contribution in [0, 0.1) is 6.92 Å². The molecule has 138 valence electrons. The Bertz CT molecular complexity index is 833. The van der Waals surface area contributed by atoms with Crippen LogP contribution in [0.5, 0.6) is 5.75 Å². The van der Waals surface area contributed by atoms with Gasteiger partial charge in [0, 0.05) is 10.9 Å². The second kappa shape index (κ2) is 7.45. The molecule has 0 N–H and O–H groups in total. The van der Waals surface area contributed by atoms with Crippen LogP contribution in [0.1, 0.15) is 32.2 Å². The third-order valence-corrected chi connectivity index (χ3v) is 5.05. The van der Waals surface area contributed by atoms with Crippen LogP contribution in [0.4, 0.5) is 5.69 Å². The van der Waals surface area contributed by atoms with Crippen molar-refractivity contribution in [3.05, 3.63) is 28.6 Å². The number of aryl methyl sites for hydroxylation is 1. The predicted octanol–water partition coefficient (Wildman–Crippen LogP) is 3.57. The van der Waals surface area contributed by atoms with Crippen LogP contribution in [0.15, 0.2) is 23.6 Å². The molecule has 0 fully saturated rings. The van der Waals surface area contributed by atoms with Gasteiger partial charge in [-0.2, -0.15) is 0 Å². The normalized spacial score (nSPS) is 17.5. The van der Waals surface area contributed by atoms with Crippen LogP contribution in [-0.4, -0.2) is 35.6 Å². The SMILES string of the molecule is CCC(C)OC(=O)CN1C(=O)C(C)Oc2ccc(-c3csc(C)n3)cc21. The highest BCUT2D eigenvalue weighted by molar-refractivity contribution is 7.09. The number of benzene rings is 1. The van der Waals surface area contributed by atoms with Crippen molar-refractivity contribution in [2.45, 2.75) is 46.3 Å². The Balaban J connectivity index is 1.92. The number of thiazole rings is 1. The Kier molecular flexibility index (Phi) is 5.27. The summed E-state index contributed by atoms with van der Waals surface area (Å²) < 4.78 is 11.0. The molecule has 1 aromatic carbocycles. The molecule has 7 heteroatoms. The smallest absolute Gasteiger partial charge is 0.326 e. The van der Waals surface area contributed by atoms with E-state index in [1.54, 1.807) is 18.3 Å². The lowest BCUT2D eigenvalue weighted by Gasteiger charge is -2.32. The van der Waals surface area contributed by atoms with E-state index in [1.165, 1.54) is 4.90 Å². The molecule has 1 aliphatic heterocycles. The molecule has 0 spiro atoms. The molecule has 0 saturated heterocycles. The van der Waals surface area contributed by atoms with Gasteiger partial charge in [0.05, 0.1) is 22.5 Å². The van der Waals surface area contributed by atoms with Crippen molar-refractivity contribution in [1.82, 2.24) is 4.98 Å². The number of ether oxygens (including phenoxy) is 2. The molecule has 2 atom stereocenters. The Labute approximate surface area is 156 Å². The summed E-state index contributed by atoms with van der Waals surface area (Å²) in [5.41, 5.74) is 2.28. The monoisotopic (exact) mass is 374 g/mol. The number of hydrogen-bond acceptors (Lipinski definition) is 6. The van der Waals surface area contributed by atoms with Gasteiger partial charge in [-0.25, -0.2) is 4.98 Å². The standard InChI is InChI=1S/C19H22N2O4S/c1-5-11(2)24-18(22)9-21-16-8-14(15-10-26-13(4)20-15)6-7-17(16)25-12(3)19(21)23/h6-8,10-12H,5,9H2,1-4H3. The van der Waals surface area contributed by atoms with Gasteiger partial charge in [-0.15, -0.1) is 11.3 Å². The molecule has 0 aliphatic carbocycles. The Hall–Kier alpha value is -2.41. The third kappa shape index (κ3) is 3.72.